The molecule has 4 nitrogen and oxygen atoms in total. The summed E-state index contributed by atoms with van der Waals surface area (Å²) in [5.74, 6) is -0.0226. The van der Waals surface area contributed by atoms with Crippen LogP contribution < -0.4 is 9.46 Å². The summed E-state index contributed by atoms with van der Waals surface area (Å²) < 4.78 is 12.8. The lowest BCUT2D eigenvalue weighted by atomic mass is 10.1. The number of hydrogen-bond donors (Lipinski definition) is 0. The number of carbonyl (C=O) groups excluding carboxylic acids is 1. The van der Waals surface area contributed by atoms with Gasteiger partial charge in [0, 0.05) is 17.2 Å². The monoisotopic (exact) mass is 330 g/mol. The van der Waals surface area contributed by atoms with Gasteiger partial charge in [0.15, 0.2) is 6.20 Å². The van der Waals surface area contributed by atoms with E-state index in [-0.39, 0.29) is 18.5 Å². The Morgan fingerprint density at radius 2 is 1.91 bits per heavy atom. The maximum atomic E-state index is 12.4. The van der Waals surface area contributed by atoms with Gasteiger partial charge in [0.1, 0.15) is 0 Å². The Labute approximate surface area is 137 Å². The van der Waals surface area contributed by atoms with Crippen molar-refractivity contribution in [1.82, 2.24) is 0 Å². The average molecular weight is 330 g/mol. The molecule has 0 spiro atoms. The molecule has 2 aromatic rings. The molecule has 5 heteroatoms. The van der Waals surface area contributed by atoms with Crippen molar-refractivity contribution in [3.8, 4) is 0 Å². The van der Waals surface area contributed by atoms with Gasteiger partial charge in [-0.3, -0.25) is 4.79 Å². The van der Waals surface area contributed by atoms with Crippen molar-refractivity contribution in [3.05, 3.63) is 65.5 Å². The second kappa shape index (κ2) is 8.66. The number of pyridine rings is 1. The van der Waals surface area contributed by atoms with Crippen LogP contribution in [0.15, 0.2) is 48.7 Å². The van der Waals surface area contributed by atoms with E-state index in [1.165, 1.54) is 0 Å². The number of rotatable bonds is 8. The molecule has 120 valence electrons. The Morgan fingerprint density at radius 3 is 2.57 bits per heavy atom. The van der Waals surface area contributed by atoms with E-state index in [1.807, 2.05) is 36.5 Å². The van der Waals surface area contributed by atoms with Gasteiger partial charge in [0.2, 0.25) is 24.2 Å². The molecule has 1 atom stereocenters. The van der Waals surface area contributed by atoms with Gasteiger partial charge in [-0.1, -0.05) is 48.2 Å². The van der Waals surface area contributed by atoms with Crippen molar-refractivity contribution < 1.29 is 18.8 Å². The Morgan fingerprint density at radius 1 is 1.17 bits per heavy atom. The number of carbonyl (C=O) groups is 1. The lowest BCUT2D eigenvalue weighted by Crippen LogP contribution is -2.42. The molecule has 0 aliphatic rings. The van der Waals surface area contributed by atoms with Crippen molar-refractivity contribution in [2.24, 2.45) is 0 Å². The van der Waals surface area contributed by atoms with E-state index < -0.39 is 8.03 Å². The minimum Gasteiger partial charge on any atom is -0.595 e. The zero-order valence-electron chi connectivity index (χ0n) is 13.3. The molecule has 0 bridgehead atoms. The van der Waals surface area contributed by atoms with Crippen LogP contribution in [0.2, 0.25) is 0 Å². The highest BCUT2D eigenvalue weighted by atomic mass is 31.1. The number of aromatic nitrogens is 1. The maximum absolute atomic E-state index is 12.4. The number of ketones is 1. The van der Waals surface area contributed by atoms with Gasteiger partial charge >= 0.3 is 8.03 Å². The largest absolute Gasteiger partial charge is 0.595 e. The summed E-state index contributed by atoms with van der Waals surface area (Å²) >= 11 is 0. The highest BCUT2D eigenvalue weighted by molar-refractivity contribution is 7.35. The summed E-state index contributed by atoms with van der Waals surface area (Å²) in [5.41, 5.74) is 2.40. The molecule has 0 saturated heterocycles. The van der Waals surface area contributed by atoms with E-state index in [4.69, 9.17) is 0 Å². The van der Waals surface area contributed by atoms with Gasteiger partial charge in [0.25, 0.3) is 0 Å². The fraction of sp³-hybridized carbons (Fsp3) is 0.333. The molecule has 1 aromatic carbocycles. The summed E-state index contributed by atoms with van der Waals surface area (Å²) in [4.78, 5) is 23.5. The normalized spacial score (nSPS) is 11.3. The Balaban J connectivity index is 2.25. The van der Waals surface area contributed by atoms with Crippen LogP contribution in [0.3, 0.4) is 0 Å². The van der Waals surface area contributed by atoms with Gasteiger partial charge in [-0.15, -0.1) is 0 Å². The minimum atomic E-state index is -2.52. The molecular weight excluding hydrogens is 309 g/mol. The van der Waals surface area contributed by atoms with Crippen LogP contribution in [0.1, 0.15) is 41.4 Å². The lowest BCUT2D eigenvalue weighted by Gasteiger charge is -2.04. The molecule has 1 unspecified atom stereocenters. The van der Waals surface area contributed by atoms with Crippen LogP contribution in [-0.4, -0.2) is 5.78 Å². The van der Waals surface area contributed by atoms with Crippen LogP contribution in [-0.2, 0) is 23.7 Å². The first-order chi connectivity index (χ1) is 11.1. The van der Waals surface area contributed by atoms with Crippen LogP contribution in [0.4, 0.5) is 0 Å². The standard InChI is InChI=1S/C18H21NO3P/c1-2-3-7-15-10-11-17(14-23(21)22)19(12-15)13-18(20)16-8-5-4-6-9-16/h4-6,8-12H,2-3,7,13-14H2,1H3/q+1. The first-order valence-corrected chi connectivity index (χ1v) is 9.17. The van der Waals surface area contributed by atoms with E-state index in [2.05, 4.69) is 6.92 Å². The van der Waals surface area contributed by atoms with Gasteiger partial charge in [-0.25, -0.2) is 0 Å². The van der Waals surface area contributed by atoms with Crippen LogP contribution in [0.25, 0.3) is 0 Å². The molecule has 0 amide bonds. The molecule has 0 aliphatic heterocycles. The summed E-state index contributed by atoms with van der Waals surface area (Å²) in [6.45, 7) is 2.28. The van der Waals surface area contributed by atoms with Crippen molar-refractivity contribution in [1.29, 1.82) is 0 Å². The highest BCUT2D eigenvalue weighted by Crippen LogP contribution is 2.15. The topological polar surface area (TPSA) is 61.1 Å². The smallest absolute Gasteiger partial charge is 0.320 e. The third kappa shape index (κ3) is 5.34. The average Bonchev–Trinajstić information content (AvgIpc) is 2.55. The first kappa shape index (κ1) is 17.5. The Bertz CT molecular complexity index is 686. The highest BCUT2D eigenvalue weighted by Gasteiger charge is 2.21. The predicted octanol–water partition coefficient (Wildman–Crippen LogP) is 2.80. The van der Waals surface area contributed by atoms with Crippen LogP contribution >= 0.6 is 8.03 Å². The maximum Gasteiger partial charge on any atom is 0.320 e. The van der Waals surface area contributed by atoms with E-state index in [9.17, 15) is 14.3 Å². The van der Waals surface area contributed by atoms with Crippen molar-refractivity contribution in [3.63, 3.8) is 0 Å². The first-order valence-electron chi connectivity index (χ1n) is 7.81. The number of nitrogens with zero attached hydrogens (tertiary/aromatic N) is 1. The van der Waals surface area contributed by atoms with E-state index >= 15 is 0 Å². The fourth-order valence-corrected chi connectivity index (χ4v) is 3.00. The van der Waals surface area contributed by atoms with Crippen LogP contribution in [0, 0.1) is 0 Å². The molecule has 0 N–H and O–H groups in total. The summed E-state index contributed by atoms with van der Waals surface area (Å²) in [5, 5.41) is 0. The van der Waals surface area contributed by atoms with Crippen LogP contribution in [0.5, 0.6) is 0 Å². The number of unbranched alkanes of at least 4 members (excludes halogenated alkanes) is 1. The molecule has 0 fully saturated rings. The zero-order valence-corrected chi connectivity index (χ0v) is 14.2. The van der Waals surface area contributed by atoms with E-state index in [1.54, 1.807) is 16.7 Å². The third-order valence-corrected chi connectivity index (χ3v) is 4.28. The number of aryl methyl sites for hydroxylation is 1. The van der Waals surface area contributed by atoms with Gasteiger partial charge in [-0.2, -0.15) is 4.57 Å². The molecule has 0 saturated carbocycles. The number of Topliss-reactive ketones (excluding diaryl/α,β-unsaturated/α-hetero) is 1. The number of hydrogen-bond acceptors (Lipinski definition) is 3. The molecule has 2 rings (SSSR count). The van der Waals surface area contributed by atoms with Gasteiger partial charge in [0.05, 0.1) is 0 Å². The van der Waals surface area contributed by atoms with Crippen molar-refractivity contribution in [2.45, 2.75) is 38.9 Å². The van der Waals surface area contributed by atoms with Crippen molar-refractivity contribution >= 4 is 13.8 Å². The molecule has 23 heavy (non-hydrogen) atoms. The van der Waals surface area contributed by atoms with Crippen molar-refractivity contribution in [2.75, 3.05) is 0 Å². The fourth-order valence-electron chi connectivity index (χ4n) is 2.45. The zero-order chi connectivity index (χ0) is 16.7. The molecule has 0 aliphatic carbocycles. The molecule has 0 radical (unpaired) electrons. The predicted molar refractivity (Wildman–Crippen MR) is 87.3 cm³/mol. The quantitative estimate of drug-likeness (QED) is 0.425. The van der Waals surface area contributed by atoms with E-state index in [0.29, 0.717) is 11.3 Å². The lowest BCUT2D eigenvalue weighted by molar-refractivity contribution is -0.690. The Hall–Kier alpha value is -1.90. The van der Waals surface area contributed by atoms with Gasteiger partial charge in [-0.05, 0) is 18.9 Å². The molecular formula is C18H21NO3P+. The molecule has 1 aromatic heterocycles. The second-order valence-electron chi connectivity index (χ2n) is 5.54. The second-order valence-corrected chi connectivity index (χ2v) is 6.52. The third-order valence-electron chi connectivity index (χ3n) is 3.70. The summed E-state index contributed by atoms with van der Waals surface area (Å²) in [6, 6.07) is 12.8. The summed E-state index contributed by atoms with van der Waals surface area (Å²) in [6.07, 6.45) is 4.95. The van der Waals surface area contributed by atoms with E-state index in [0.717, 1.165) is 24.8 Å². The molecule has 1 heterocycles. The Kier molecular flexibility index (Phi) is 6.57. The summed E-state index contributed by atoms with van der Waals surface area (Å²) in [7, 11) is -2.52. The minimum absolute atomic E-state index is 0.0226. The SMILES string of the molecule is CCCCc1ccc(C[P+](=O)[O-])[n+](CC(=O)c2ccccc2)c1. The number of benzene rings is 1. The van der Waals surface area contributed by atoms with Gasteiger partial charge < -0.3 is 4.89 Å².